The van der Waals surface area contributed by atoms with Gasteiger partial charge in [-0.15, -0.1) is 0 Å². The smallest absolute Gasteiger partial charge is 0.322 e. The van der Waals surface area contributed by atoms with Crippen LogP contribution in [0.15, 0.2) is 77.6 Å². The number of hydrogen-bond donors (Lipinski definition) is 1. The molecule has 4 rings (SSSR count). The van der Waals surface area contributed by atoms with Crippen molar-refractivity contribution in [1.29, 1.82) is 0 Å². The van der Waals surface area contributed by atoms with Crippen LogP contribution in [0.2, 0.25) is 0 Å². The topological polar surface area (TPSA) is 58.4 Å². The van der Waals surface area contributed by atoms with E-state index < -0.39 is 0 Å². The Balaban J connectivity index is 1.46. The molecule has 1 aromatic heterocycles. The van der Waals surface area contributed by atoms with Crippen LogP contribution in [0.3, 0.4) is 0 Å². The quantitative estimate of drug-likeness (QED) is 0.751. The highest BCUT2D eigenvalue weighted by atomic mass is 16.3. The van der Waals surface area contributed by atoms with Crippen molar-refractivity contribution < 1.29 is 9.21 Å². The number of benzene rings is 2. The average molecular weight is 345 g/mol. The molecule has 26 heavy (non-hydrogen) atoms. The summed E-state index contributed by atoms with van der Waals surface area (Å²) < 4.78 is 5.32. The summed E-state index contributed by atoms with van der Waals surface area (Å²) in [5.41, 5.74) is 3.90. The van der Waals surface area contributed by atoms with Crippen LogP contribution in [0.1, 0.15) is 12.0 Å². The number of nitrogens with zero attached hydrogens (tertiary/aromatic N) is 2. The lowest BCUT2D eigenvalue weighted by Crippen LogP contribution is -2.38. The van der Waals surface area contributed by atoms with Gasteiger partial charge < -0.3 is 14.6 Å². The third-order valence-corrected chi connectivity index (χ3v) is 4.38. The van der Waals surface area contributed by atoms with Crippen molar-refractivity contribution in [2.45, 2.75) is 6.42 Å². The van der Waals surface area contributed by atoms with E-state index in [4.69, 9.17) is 4.42 Å². The normalized spacial score (nSPS) is 14.0. The van der Waals surface area contributed by atoms with E-state index in [2.05, 4.69) is 28.5 Å². The molecule has 0 bridgehead atoms. The largest absolute Gasteiger partial charge is 0.445 e. The minimum Gasteiger partial charge on any atom is -0.445 e. The number of carbonyl (C=O) groups is 1. The molecule has 1 aliphatic rings. The first kappa shape index (κ1) is 16.1. The van der Waals surface area contributed by atoms with E-state index in [9.17, 15) is 4.79 Å². The molecule has 1 aliphatic heterocycles. The lowest BCUT2D eigenvalue weighted by Gasteiger charge is -2.28. The Morgan fingerprint density at radius 2 is 1.92 bits per heavy atom. The summed E-state index contributed by atoms with van der Waals surface area (Å²) in [5, 5.41) is 2.98. The number of carbonyl (C=O) groups excluding carboxylic acids is 1. The van der Waals surface area contributed by atoms with Gasteiger partial charge in [0.25, 0.3) is 0 Å². The molecule has 2 aromatic carbocycles. The molecule has 0 fully saturated rings. The third-order valence-electron chi connectivity index (χ3n) is 4.38. The van der Waals surface area contributed by atoms with Gasteiger partial charge in [0, 0.05) is 24.3 Å². The molecular formula is C21H19N3O2. The van der Waals surface area contributed by atoms with Gasteiger partial charge in [0.1, 0.15) is 6.26 Å². The fourth-order valence-electron chi connectivity index (χ4n) is 3.08. The zero-order valence-electron chi connectivity index (χ0n) is 14.3. The lowest BCUT2D eigenvalue weighted by molar-refractivity contribution is 0.217. The number of amides is 2. The van der Waals surface area contributed by atoms with E-state index in [0.29, 0.717) is 19.0 Å². The van der Waals surface area contributed by atoms with Crippen molar-refractivity contribution in [1.82, 2.24) is 9.88 Å². The van der Waals surface area contributed by atoms with E-state index >= 15 is 0 Å². The monoisotopic (exact) mass is 345 g/mol. The highest BCUT2D eigenvalue weighted by Crippen LogP contribution is 2.23. The van der Waals surface area contributed by atoms with Crippen LogP contribution in [0.4, 0.5) is 10.5 Å². The molecule has 5 heteroatoms. The molecule has 130 valence electrons. The van der Waals surface area contributed by atoms with Gasteiger partial charge in [0.15, 0.2) is 0 Å². The molecule has 0 radical (unpaired) electrons. The Morgan fingerprint density at radius 1 is 1.08 bits per heavy atom. The first-order valence-electron chi connectivity index (χ1n) is 8.60. The molecular weight excluding hydrogens is 326 g/mol. The van der Waals surface area contributed by atoms with Gasteiger partial charge in [-0.05, 0) is 35.8 Å². The first-order chi connectivity index (χ1) is 12.8. The number of hydrogen-bond acceptors (Lipinski definition) is 3. The zero-order chi connectivity index (χ0) is 17.8. The highest BCUT2D eigenvalue weighted by Gasteiger charge is 2.19. The molecule has 2 heterocycles. The number of aromatic nitrogens is 1. The SMILES string of the molecule is O=C(Nc1cccc(-c2ncco2)c1)N1CCC=C(c2ccccc2)C1. The van der Waals surface area contributed by atoms with Gasteiger partial charge >= 0.3 is 6.03 Å². The maximum Gasteiger partial charge on any atom is 0.322 e. The van der Waals surface area contributed by atoms with Crippen LogP contribution in [0.25, 0.3) is 17.0 Å². The van der Waals surface area contributed by atoms with Crippen molar-refractivity contribution >= 4 is 17.3 Å². The maximum atomic E-state index is 12.7. The first-order valence-corrected chi connectivity index (χ1v) is 8.60. The number of nitrogens with one attached hydrogen (secondary N) is 1. The molecule has 0 saturated heterocycles. The molecule has 0 atom stereocenters. The summed E-state index contributed by atoms with van der Waals surface area (Å²) >= 11 is 0. The Hall–Kier alpha value is -3.34. The van der Waals surface area contributed by atoms with Crippen LogP contribution < -0.4 is 5.32 Å². The van der Waals surface area contributed by atoms with Gasteiger partial charge in [-0.3, -0.25) is 0 Å². The van der Waals surface area contributed by atoms with Crippen LogP contribution in [0, 0.1) is 0 Å². The molecule has 0 unspecified atom stereocenters. The Bertz CT molecular complexity index is 917. The predicted octanol–water partition coefficient (Wildman–Crippen LogP) is 4.66. The van der Waals surface area contributed by atoms with Crippen LogP contribution in [-0.2, 0) is 0 Å². The third kappa shape index (κ3) is 3.52. The molecule has 5 nitrogen and oxygen atoms in total. The number of oxazole rings is 1. The van der Waals surface area contributed by atoms with Gasteiger partial charge in [-0.2, -0.15) is 0 Å². The second-order valence-corrected chi connectivity index (χ2v) is 6.15. The maximum absolute atomic E-state index is 12.7. The zero-order valence-corrected chi connectivity index (χ0v) is 14.3. The van der Waals surface area contributed by atoms with Gasteiger partial charge in [-0.25, -0.2) is 9.78 Å². The Labute approximate surface area is 152 Å². The van der Waals surface area contributed by atoms with Crippen molar-refractivity contribution in [3.63, 3.8) is 0 Å². The summed E-state index contributed by atoms with van der Waals surface area (Å²) in [7, 11) is 0. The summed E-state index contributed by atoms with van der Waals surface area (Å²) in [6.45, 7) is 1.32. The van der Waals surface area contributed by atoms with Crippen molar-refractivity contribution in [3.8, 4) is 11.5 Å². The predicted molar refractivity (Wildman–Crippen MR) is 102 cm³/mol. The lowest BCUT2D eigenvalue weighted by atomic mass is 10.0. The number of urea groups is 1. The Kier molecular flexibility index (Phi) is 4.51. The second kappa shape index (κ2) is 7.27. The number of anilines is 1. The van der Waals surface area contributed by atoms with Gasteiger partial charge in [-0.1, -0.05) is 42.5 Å². The molecule has 2 amide bonds. The van der Waals surface area contributed by atoms with Crippen LogP contribution in [0.5, 0.6) is 0 Å². The fraction of sp³-hybridized carbons (Fsp3) is 0.143. The standard InChI is InChI=1S/C21H19N3O2/c25-21(23-19-10-4-8-17(14-19)20-22-11-13-26-20)24-12-5-9-18(15-24)16-6-2-1-3-7-16/h1-4,6-11,13-14H,5,12,15H2,(H,23,25). The molecule has 3 aromatic rings. The summed E-state index contributed by atoms with van der Waals surface area (Å²) in [5.74, 6) is 0.536. The minimum atomic E-state index is -0.101. The van der Waals surface area contributed by atoms with E-state index in [1.165, 1.54) is 11.8 Å². The van der Waals surface area contributed by atoms with E-state index in [-0.39, 0.29) is 6.03 Å². The average Bonchev–Trinajstić information content (AvgIpc) is 3.24. The Morgan fingerprint density at radius 3 is 2.73 bits per heavy atom. The molecule has 0 spiro atoms. The van der Waals surface area contributed by atoms with Gasteiger partial charge in [0.2, 0.25) is 5.89 Å². The van der Waals surface area contributed by atoms with Crippen molar-refractivity contribution in [2.75, 3.05) is 18.4 Å². The van der Waals surface area contributed by atoms with Crippen molar-refractivity contribution in [3.05, 3.63) is 78.7 Å². The van der Waals surface area contributed by atoms with Gasteiger partial charge in [0.05, 0.1) is 6.20 Å². The highest BCUT2D eigenvalue weighted by molar-refractivity contribution is 5.91. The van der Waals surface area contributed by atoms with E-state index in [1.54, 1.807) is 6.20 Å². The second-order valence-electron chi connectivity index (χ2n) is 6.15. The minimum absolute atomic E-state index is 0.101. The summed E-state index contributed by atoms with van der Waals surface area (Å²) in [6, 6.07) is 17.6. The van der Waals surface area contributed by atoms with Crippen LogP contribution in [-0.4, -0.2) is 29.0 Å². The molecule has 0 aliphatic carbocycles. The van der Waals surface area contributed by atoms with Crippen molar-refractivity contribution in [2.24, 2.45) is 0 Å². The summed E-state index contributed by atoms with van der Waals surface area (Å²) in [4.78, 5) is 18.7. The number of rotatable bonds is 3. The molecule has 1 N–H and O–H groups in total. The summed E-state index contributed by atoms with van der Waals surface area (Å²) in [6.07, 6.45) is 6.20. The fourth-order valence-corrected chi connectivity index (χ4v) is 3.08. The van der Waals surface area contributed by atoms with E-state index in [1.807, 2.05) is 47.4 Å². The molecule has 0 saturated carbocycles. The van der Waals surface area contributed by atoms with E-state index in [0.717, 1.165) is 23.2 Å². The van der Waals surface area contributed by atoms with Crippen LogP contribution >= 0.6 is 0 Å².